The topological polar surface area (TPSA) is 85.4 Å². The summed E-state index contributed by atoms with van der Waals surface area (Å²) in [5.74, 6) is -2.19. The zero-order chi connectivity index (χ0) is 18.1. The van der Waals surface area contributed by atoms with E-state index in [1.807, 2.05) is 11.9 Å². The van der Waals surface area contributed by atoms with Crippen LogP contribution < -0.4 is 0 Å². The third kappa shape index (κ3) is 3.79. The van der Waals surface area contributed by atoms with E-state index in [0.717, 1.165) is 25.9 Å². The van der Waals surface area contributed by atoms with Crippen LogP contribution in [0.4, 0.5) is 0 Å². The predicted octanol–water partition coefficient (Wildman–Crippen LogP) is 0.00630. The molecule has 2 bridgehead atoms. The zero-order valence-corrected chi connectivity index (χ0v) is 15.0. The Morgan fingerprint density at radius 2 is 1.60 bits per heavy atom. The summed E-state index contributed by atoms with van der Waals surface area (Å²) in [5.41, 5.74) is 0. The Morgan fingerprint density at radius 3 is 2.20 bits per heavy atom. The van der Waals surface area contributed by atoms with Crippen molar-refractivity contribution in [2.45, 2.75) is 45.2 Å². The summed E-state index contributed by atoms with van der Waals surface area (Å²) in [4.78, 5) is 40.6. The van der Waals surface area contributed by atoms with Crippen LogP contribution in [0.15, 0.2) is 0 Å². The predicted molar refractivity (Wildman–Crippen MR) is 86.3 cm³/mol. The van der Waals surface area contributed by atoms with E-state index in [4.69, 9.17) is 14.2 Å². The number of carbonyl (C=O) groups is 3. The number of ether oxygens (including phenoxy) is 3. The van der Waals surface area contributed by atoms with Gasteiger partial charge >= 0.3 is 11.9 Å². The lowest BCUT2D eigenvalue weighted by atomic mass is 9.78. The molecule has 3 heterocycles. The average Bonchev–Trinajstić information content (AvgIpc) is 3.14. The molecule has 3 aliphatic rings. The summed E-state index contributed by atoms with van der Waals surface area (Å²) in [6, 6.07) is 0. The summed E-state index contributed by atoms with van der Waals surface area (Å²) < 4.78 is 16.0. The van der Waals surface area contributed by atoms with E-state index in [1.165, 1.54) is 13.8 Å². The van der Waals surface area contributed by atoms with Crippen molar-refractivity contribution >= 4 is 17.8 Å². The highest BCUT2D eigenvalue weighted by Crippen LogP contribution is 2.45. The van der Waals surface area contributed by atoms with Crippen molar-refractivity contribution in [2.75, 3.05) is 33.2 Å². The van der Waals surface area contributed by atoms with Crippen molar-refractivity contribution < 1.29 is 28.6 Å². The van der Waals surface area contributed by atoms with E-state index in [0.29, 0.717) is 13.1 Å². The summed E-state index contributed by atoms with van der Waals surface area (Å²) in [6.45, 7) is 5.72. The second kappa shape index (κ2) is 7.29. The minimum atomic E-state index is -0.969. The van der Waals surface area contributed by atoms with Crippen LogP contribution in [-0.2, 0) is 28.6 Å². The number of nitrogens with zero attached hydrogens (tertiary/aromatic N) is 2. The SMILES string of the molecule is CC(=O)OC(C)OC(=O)C1C2CCC(O2)C1C(=O)N1CCN(C)CC1. The number of fused-ring (bicyclic) bond motifs is 2. The molecule has 0 radical (unpaired) electrons. The summed E-state index contributed by atoms with van der Waals surface area (Å²) >= 11 is 0. The van der Waals surface area contributed by atoms with Gasteiger partial charge in [-0.15, -0.1) is 0 Å². The lowest BCUT2D eigenvalue weighted by Gasteiger charge is -2.36. The van der Waals surface area contributed by atoms with Gasteiger partial charge in [-0.2, -0.15) is 0 Å². The van der Waals surface area contributed by atoms with Crippen LogP contribution in [0.1, 0.15) is 26.7 Å². The third-order valence-corrected chi connectivity index (χ3v) is 5.26. The molecule has 0 aliphatic carbocycles. The number of amides is 1. The van der Waals surface area contributed by atoms with Crippen LogP contribution in [0, 0.1) is 11.8 Å². The van der Waals surface area contributed by atoms with Crippen LogP contribution in [0.3, 0.4) is 0 Å². The van der Waals surface area contributed by atoms with Gasteiger partial charge in [0.1, 0.15) is 0 Å². The molecular weight excluding hydrogens is 328 g/mol. The highest BCUT2D eigenvalue weighted by molar-refractivity contribution is 5.87. The number of carbonyl (C=O) groups excluding carboxylic acids is 3. The lowest BCUT2D eigenvalue weighted by molar-refractivity contribution is -0.188. The first-order chi connectivity index (χ1) is 11.9. The van der Waals surface area contributed by atoms with Crippen LogP contribution in [0.2, 0.25) is 0 Å². The molecule has 0 saturated carbocycles. The van der Waals surface area contributed by atoms with Crippen molar-refractivity contribution in [3.8, 4) is 0 Å². The molecule has 3 saturated heterocycles. The van der Waals surface area contributed by atoms with Gasteiger partial charge in [-0.1, -0.05) is 0 Å². The standard InChI is InChI=1S/C17H26N2O6/c1-10(20)23-11(2)24-17(22)15-13-5-4-12(25-13)14(15)16(21)19-8-6-18(3)7-9-19/h11-15H,4-9H2,1-3H3. The maximum atomic E-state index is 13.0. The molecule has 0 spiro atoms. The Labute approximate surface area is 147 Å². The molecule has 3 aliphatic heterocycles. The first kappa shape index (κ1) is 18.1. The van der Waals surface area contributed by atoms with E-state index in [-0.39, 0.29) is 18.1 Å². The summed E-state index contributed by atoms with van der Waals surface area (Å²) in [7, 11) is 2.03. The van der Waals surface area contributed by atoms with Crippen molar-refractivity contribution in [1.82, 2.24) is 9.80 Å². The number of esters is 2. The van der Waals surface area contributed by atoms with Gasteiger partial charge in [0.2, 0.25) is 12.2 Å². The third-order valence-electron chi connectivity index (χ3n) is 5.26. The van der Waals surface area contributed by atoms with Gasteiger partial charge in [0.05, 0.1) is 24.0 Å². The Morgan fingerprint density at radius 1 is 1.00 bits per heavy atom. The maximum absolute atomic E-state index is 13.0. The quantitative estimate of drug-likeness (QED) is 0.519. The lowest BCUT2D eigenvalue weighted by Crippen LogP contribution is -2.52. The minimum Gasteiger partial charge on any atom is -0.426 e. The number of hydrogen-bond donors (Lipinski definition) is 0. The highest BCUT2D eigenvalue weighted by atomic mass is 16.7. The Bertz CT molecular complexity index is 545. The van der Waals surface area contributed by atoms with Crippen molar-refractivity contribution in [3.63, 3.8) is 0 Å². The van der Waals surface area contributed by atoms with Crippen molar-refractivity contribution in [3.05, 3.63) is 0 Å². The summed E-state index contributed by atoms with van der Waals surface area (Å²) in [5, 5.41) is 0. The molecule has 8 nitrogen and oxygen atoms in total. The molecule has 0 aromatic carbocycles. The van der Waals surface area contributed by atoms with Crippen molar-refractivity contribution in [1.29, 1.82) is 0 Å². The molecule has 0 aromatic heterocycles. The van der Waals surface area contributed by atoms with Gasteiger partial charge in [0.15, 0.2) is 0 Å². The number of piperazine rings is 1. The van der Waals surface area contributed by atoms with Gasteiger partial charge in [-0.25, -0.2) is 0 Å². The molecule has 25 heavy (non-hydrogen) atoms. The van der Waals surface area contributed by atoms with E-state index in [1.54, 1.807) is 0 Å². The Balaban J connectivity index is 1.68. The fourth-order valence-corrected chi connectivity index (χ4v) is 4.03. The second-order valence-electron chi connectivity index (χ2n) is 7.08. The van der Waals surface area contributed by atoms with Gasteiger partial charge in [0, 0.05) is 40.0 Å². The van der Waals surface area contributed by atoms with Crippen LogP contribution in [0.25, 0.3) is 0 Å². The number of rotatable bonds is 4. The average molecular weight is 354 g/mol. The van der Waals surface area contributed by atoms with Gasteiger partial charge < -0.3 is 24.0 Å². The molecule has 3 fully saturated rings. The minimum absolute atomic E-state index is 0.0256. The number of hydrogen-bond acceptors (Lipinski definition) is 7. The normalized spacial score (nSPS) is 33.2. The largest absolute Gasteiger partial charge is 0.426 e. The monoisotopic (exact) mass is 354 g/mol. The van der Waals surface area contributed by atoms with Crippen LogP contribution >= 0.6 is 0 Å². The highest BCUT2D eigenvalue weighted by Gasteiger charge is 2.57. The van der Waals surface area contributed by atoms with Gasteiger partial charge in [-0.05, 0) is 19.9 Å². The van der Waals surface area contributed by atoms with E-state index in [9.17, 15) is 14.4 Å². The maximum Gasteiger partial charge on any atom is 0.315 e. The Hall–Kier alpha value is -1.67. The molecule has 5 atom stereocenters. The molecule has 3 rings (SSSR count). The summed E-state index contributed by atoms with van der Waals surface area (Å²) in [6.07, 6.45) is 0.0578. The first-order valence-corrected chi connectivity index (χ1v) is 8.87. The van der Waals surface area contributed by atoms with Gasteiger partial charge in [-0.3, -0.25) is 14.4 Å². The number of likely N-dealkylation sites (N-methyl/N-ethyl adjacent to an activating group) is 1. The molecule has 0 N–H and O–H groups in total. The van der Waals surface area contributed by atoms with Crippen molar-refractivity contribution in [2.24, 2.45) is 11.8 Å². The fourth-order valence-electron chi connectivity index (χ4n) is 4.03. The molecule has 8 heteroatoms. The molecule has 0 aromatic rings. The smallest absolute Gasteiger partial charge is 0.315 e. The van der Waals surface area contributed by atoms with E-state index < -0.39 is 30.1 Å². The van der Waals surface area contributed by atoms with Crippen LogP contribution in [0.5, 0.6) is 0 Å². The molecule has 140 valence electrons. The molecule has 1 amide bonds. The fraction of sp³-hybridized carbons (Fsp3) is 0.824. The first-order valence-electron chi connectivity index (χ1n) is 8.87. The van der Waals surface area contributed by atoms with Crippen LogP contribution in [-0.4, -0.2) is 79.4 Å². The molecular formula is C17H26N2O6. The van der Waals surface area contributed by atoms with Gasteiger partial charge in [0.25, 0.3) is 0 Å². The van der Waals surface area contributed by atoms with E-state index >= 15 is 0 Å². The Kier molecular flexibility index (Phi) is 5.29. The zero-order valence-electron chi connectivity index (χ0n) is 15.0. The van der Waals surface area contributed by atoms with E-state index in [2.05, 4.69) is 4.90 Å². The second-order valence-corrected chi connectivity index (χ2v) is 7.08. The molecule has 5 unspecified atom stereocenters.